The predicted molar refractivity (Wildman–Crippen MR) is 67.6 cm³/mol. The lowest BCUT2D eigenvalue weighted by molar-refractivity contribution is 0.0623. The van der Waals surface area contributed by atoms with Gasteiger partial charge in [0.2, 0.25) is 0 Å². The number of fused-ring (bicyclic) bond motifs is 1. The molecule has 0 spiro atoms. The molecule has 0 amide bonds. The molecular weight excluding hydrogens is 252 g/mol. The molecule has 0 radical (unpaired) electrons. The van der Waals surface area contributed by atoms with Crippen molar-refractivity contribution in [2.45, 2.75) is 18.6 Å². The average Bonchev–Trinajstić information content (AvgIpc) is 2.76. The SMILES string of the molecule is Cn1cncc1C1C[C@H](O)c2cc(Cl)ccc2O1. The van der Waals surface area contributed by atoms with E-state index in [2.05, 4.69) is 4.98 Å². The van der Waals surface area contributed by atoms with Crippen molar-refractivity contribution in [1.29, 1.82) is 0 Å². The van der Waals surface area contributed by atoms with Crippen LogP contribution in [0.2, 0.25) is 5.02 Å². The van der Waals surface area contributed by atoms with E-state index in [1.165, 1.54) is 0 Å². The highest BCUT2D eigenvalue weighted by molar-refractivity contribution is 6.30. The van der Waals surface area contributed by atoms with Crippen LogP contribution in [-0.4, -0.2) is 14.7 Å². The number of aliphatic hydroxyl groups excluding tert-OH is 1. The molecule has 1 unspecified atom stereocenters. The normalized spacial score (nSPS) is 22.4. The minimum absolute atomic E-state index is 0.179. The Labute approximate surface area is 110 Å². The second-order valence-electron chi connectivity index (χ2n) is 4.47. The van der Waals surface area contributed by atoms with Gasteiger partial charge in [-0.15, -0.1) is 0 Å². The maximum Gasteiger partial charge on any atom is 0.143 e. The van der Waals surface area contributed by atoms with Crippen molar-refractivity contribution in [2.24, 2.45) is 7.05 Å². The van der Waals surface area contributed by atoms with Crippen LogP contribution in [0.5, 0.6) is 5.75 Å². The van der Waals surface area contributed by atoms with E-state index in [0.717, 1.165) is 11.3 Å². The molecular formula is C13H13ClN2O2. The van der Waals surface area contributed by atoms with Crippen molar-refractivity contribution in [1.82, 2.24) is 9.55 Å². The summed E-state index contributed by atoms with van der Waals surface area (Å²) in [6.07, 6.45) is 3.25. The zero-order valence-corrected chi connectivity index (χ0v) is 10.6. The lowest BCUT2D eigenvalue weighted by Crippen LogP contribution is -2.20. The number of hydrogen-bond acceptors (Lipinski definition) is 3. The highest BCUT2D eigenvalue weighted by Crippen LogP contribution is 2.41. The summed E-state index contributed by atoms with van der Waals surface area (Å²) in [4.78, 5) is 4.07. The maximum atomic E-state index is 10.2. The van der Waals surface area contributed by atoms with Crippen LogP contribution in [0.1, 0.15) is 29.9 Å². The first-order valence-corrected chi connectivity index (χ1v) is 6.13. The van der Waals surface area contributed by atoms with Crippen molar-refractivity contribution in [3.63, 3.8) is 0 Å². The first-order valence-electron chi connectivity index (χ1n) is 5.75. The topological polar surface area (TPSA) is 47.3 Å². The third-order valence-electron chi connectivity index (χ3n) is 3.22. The summed E-state index contributed by atoms with van der Waals surface area (Å²) in [6.45, 7) is 0. The van der Waals surface area contributed by atoms with Gasteiger partial charge in [0, 0.05) is 24.1 Å². The van der Waals surface area contributed by atoms with E-state index in [1.807, 2.05) is 11.6 Å². The van der Waals surface area contributed by atoms with Gasteiger partial charge >= 0.3 is 0 Å². The van der Waals surface area contributed by atoms with Gasteiger partial charge in [0.05, 0.1) is 24.3 Å². The molecule has 1 aliphatic heterocycles. The van der Waals surface area contributed by atoms with Crippen molar-refractivity contribution < 1.29 is 9.84 Å². The molecule has 1 N–H and O–H groups in total. The third kappa shape index (κ3) is 1.87. The summed E-state index contributed by atoms with van der Waals surface area (Å²) >= 11 is 5.92. The Kier molecular flexibility index (Phi) is 2.76. The smallest absolute Gasteiger partial charge is 0.143 e. The Morgan fingerprint density at radius 1 is 1.50 bits per heavy atom. The van der Waals surface area contributed by atoms with Crippen molar-refractivity contribution in [3.05, 3.63) is 47.0 Å². The van der Waals surface area contributed by atoms with Crippen LogP contribution in [0.15, 0.2) is 30.7 Å². The van der Waals surface area contributed by atoms with Crippen molar-refractivity contribution >= 4 is 11.6 Å². The number of hydrogen-bond donors (Lipinski definition) is 1. The minimum atomic E-state index is -0.563. The number of aromatic nitrogens is 2. The number of imidazole rings is 1. The molecule has 0 fully saturated rings. The number of aliphatic hydroxyl groups is 1. The minimum Gasteiger partial charge on any atom is -0.484 e. The quantitative estimate of drug-likeness (QED) is 0.861. The molecule has 1 aromatic carbocycles. The number of ether oxygens (including phenoxy) is 1. The molecule has 3 rings (SSSR count). The Balaban J connectivity index is 1.97. The van der Waals surface area contributed by atoms with Gasteiger partial charge in [0.15, 0.2) is 0 Å². The highest BCUT2D eigenvalue weighted by atomic mass is 35.5. The van der Waals surface area contributed by atoms with E-state index in [4.69, 9.17) is 16.3 Å². The number of aryl methyl sites for hydroxylation is 1. The van der Waals surface area contributed by atoms with Crippen molar-refractivity contribution in [2.75, 3.05) is 0 Å². The molecule has 18 heavy (non-hydrogen) atoms. The van der Waals surface area contributed by atoms with E-state index >= 15 is 0 Å². The van der Waals surface area contributed by atoms with Crippen LogP contribution in [0.4, 0.5) is 0 Å². The first kappa shape index (κ1) is 11.6. The highest BCUT2D eigenvalue weighted by Gasteiger charge is 2.29. The second-order valence-corrected chi connectivity index (χ2v) is 4.91. The summed E-state index contributed by atoms with van der Waals surface area (Å²) in [5.74, 6) is 0.685. The monoisotopic (exact) mass is 264 g/mol. The standard InChI is InChI=1S/C13H13ClN2O2/c1-16-7-15-6-10(16)13-5-11(17)9-4-8(14)2-3-12(9)18-13/h2-4,6-7,11,13,17H,5H2,1H3/t11-,13?/m0/s1. The molecule has 5 heteroatoms. The molecule has 0 saturated carbocycles. The Morgan fingerprint density at radius 2 is 2.33 bits per heavy atom. The van der Waals surface area contributed by atoms with Crippen LogP contribution < -0.4 is 4.74 Å². The van der Waals surface area contributed by atoms with Crippen molar-refractivity contribution in [3.8, 4) is 5.75 Å². The van der Waals surface area contributed by atoms with Gasteiger partial charge in [-0.25, -0.2) is 4.98 Å². The summed E-state index contributed by atoms with van der Waals surface area (Å²) in [5, 5.41) is 10.8. The van der Waals surface area contributed by atoms with Gasteiger partial charge in [-0.05, 0) is 18.2 Å². The van der Waals surface area contributed by atoms with Crippen LogP contribution in [0.3, 0.4) is 0 Å². The molecule has 0 bridgehead atoms. The molecule has 94 valence electrons. The van der Waals surface area contributed by atoms with Gasteiger partial charge in [-0.3, -0.25) is 0 Å². The summed E-state index contributed by atoms with van der Waals surface area (Å²) in [6, 6.07) is 5.31. The molecule has 0 saturated heterocycles. The number of benzene rings is 1. The van der Waals surface area contributed by atoms with Crippen LogP contribution in [0.25, 0.3) is 0 Å². The lowest BCUT2D eigenvalue weighted by Gasteiger charge is -2.29. The van der Waals surface area contributed by atoms with Gasteiger partial charge in [0.1, 0.15) is 11.9 Å². The lowest BCUT2D eigenvalue weighted by atomic mass is 9.98. The largest absolute Gasteiger partial charge is 0.484 e. The number of rotatable bonds is 1. The summed E-state index contributed by atoms with van der Waals surface area (Å²) < 4.78 is 7.80. The molecule has 4 nitrogen and oxygen atoms in total. The fourth-order valence-electron chi connectivity index (χ4n) is 2.28. The number of halogens is 1. The fraction of sp³-hybridized carbons (Fsp3) is 0.308. The molecule has 1 aliphatic rings. The summed E-state index contributed by atoms with van der Waals surface area (Å²) in [5.41, 5.74) is 1.70. The van der Waals surface area contributed by atoms with Gasteiger partial charge < -0.3 is 14.4 Å². The molecule has 2 atom stereocenters. The van der Waals surface area contributed by atoms with Crippen LogP contribution >= 0.6 is 11.6 Å². The van der Waals surface area contributed by atoms with E-state index in [9.17, 15) is 5.11 Å². The zero-order chi connectivity index (χ0) is 12.7. The molecule has 1 aromatic heterocycles. The first-order chi connectivity index (χ1) is 8.65. The Bertz CT molecular complexity index is 582. The van der Waals surface area contributed by atoms with Gasteiger partial charge in [0.25, 0.3) is 0 Å². The second kappa shape index (κ2) is 4.30. The Hall–Kier alpha value is -1.52. The summed E-state index contributed by atoms with van der Waals surface area (Å²) in [7, 11) is 1.91. The third-order valence-corrected chi connectivity index (χ3v) is 3.46. The average molecular weight is 265 g/mol. The fourth-order valence-corrected chi connectivity index (χ4v) is 2.46. The van der Waals surface area contributed by atoms with E-state index in [0.29, 0.717) is 17.2 Å². The van der Waals surface area contributed by atoms with Crippen LogP contribution in [-0.2, 0) is 7.05 Å². The van der Waals surface area contributed by atoms with Crippen LogP contribution in [0, 0.1) is 0 Å². The number of nitrogens with zero attached hydrogens (tertiary/aromatic N) is 2. The van der Waals surface area contributed by atoms with E-state index in [1.54, 1.807) is 30.7 Å². The van der Waals surface area contributed by atoms with E-state index < -0.39 is 6.10 Å². The van der Waals surface area contributed by atoms with Gasteiger partial charge in [-0.2, -0.15) is 0 Å². The molecule has 2 aromatic rings. The molecule has 0 aliphatic carbocycles. The van der Waals surface area contributed by atoms with Gasteiger partial charge in [-0.1, -0.05) is 11.6 Å². The predicted octanol–water partition coefficient (Wildman–Crippen LogP) is 2.63. The maximum absolute atomic E-state index is 10.2. The Morgan fingerprint density at radius 3 is 3.06 bits per heavy atom. The molecule has 2 heterocycles. The van der Waals surface area contributed by atoms with E-state index in [-0.39, 0.29) is 6.10 Å². The zero-order valence-electron chi connectivity index (χ0n) is 9.88.